The zero-order valence-corrected chi connectivity index (χ0v) is 8.84. The first kappa shape index (κ1) is 10.7. The summed E-state index contributed by atoms with van der Waals surface area (Å²) in [7, 11) is 1.37. The molecule has 0 heterocycles. The van der Waals surface area contributed by atoms with Gasteiger partial charge in [-0.1, -0.05) is 19.6 Å². The number of allylic oxidation sites excluding steroid dienone is 1. The van der Waals surface area contributed by atoms with E-state index in [4.69, 9.17) is 0 Å². The van der Waals surface area contributed by atoms with Gasteiger partial charge in [0.05, 0.1) is 12.7 Å². The highest BCUT2D eigenvalue weighted by Gasteiger charge is 2.09. The number of carbonyl (C=O) groups excluding carboxylic acids is 1. The Labute approximate surface area is 80.5 Å². The highest BCUT2D eigenvalue weighted by molar-refractivity contribution is 14.1. The SMILES string of the molecule is C=C(I)/C(=C\CC)C(=O)OC. The number of esters is 1. The molecule has 0 aromatic rings. The molecule has 0 spiro atoms. The van der Waals surface area contributed by atoms with Crippen LogP contribution in [0.4, 0.5) is 0 Å². The lowest BCUT2D eigenvalue weighted by molar-refractivity contribution is -0.135. The Bertz CT molecular complexity index is 194. The van der Waals surface area contributed by atoms with Gasteiger partial charge in [-0.3, -0.25) is 0 Å². The van der Waals surface area contributed by atoms with Crippen LogP contribution in [0.3, 0.4) is 0 Å². The van der Waals surface area contributed by atoms with Crippen molar-refractivity contribution >= 4 is 28.6 Å². The topological polar surface area (TPSA) is 26.3 Å². The molecule has 0 bridgehead atoms. The molecule has 0 fully saturated rings. The molecule has 0 aliphatic carbocycles. The molecule has 2 nitrogen and oxygen atoms in total. The van der Waals surface area contributed by atoms with Gasteiger partial charge in [-0.2, -0.15) is 0 Å². The Morgan fingerprint density at radius 2 is 2.27 bits per heavy atom. The fourth-order valence-corrected chi connectivity index (χ4v) is 1.06. The van der Waals surface area contributed by atoms with Crippen molar-refractivity contribution in [1.82, 2.24) is 0 Å². The fourth-order valence-electron chi connectivity index (χ4n) is 0.619. The molecule has 0 aromatic heterocycles. The summed E-state index contributed by atoms with van der Waals surface area (Å²) in [6.45, 7) is 5.62. The molecule has 11 heavy (non-hydrogen) atoms. The summed E-state index contributed by atoms with van der Waals surface area (Å²) in [5.74, 6) is -0.314. The van der Waals surface area contributed by atoms with Crippen LogP contribution < -0.4 is 0 Å². The molecule has 0 rings (SSSR count). The van der Waals surface area contributed by atoms with Crippen LogP contribution in [0, 0.1) is 0 Å². The van der Waals surface area contributed by atoms with Gasteiger partial charge in [-0.25, -0.2) is 4.79 Å². The molecule has 62 valence electrons. The maximum absolute atomic E-state index is 11.0. The summed E-state index contributed by atoms with van der Waals surface area (Å²) >= 11 is 2.00. The summed E-state index contributed by atoms with van der Waals surface area (Å²) in [5, 5.41) is 0. The van der Waals surface area contributed by atoms with E-state index in [2.05, 4.69) is 11.3 Å². The smallest absolute Gasteiger partial charge is 0.338 e. The Morgan fingerprint density at radius 3 is 2.55 bits per heavy atom. The number of ether oxygens (including phenoxy) is 1. The van der Waals surface area contributed by atoms with E-state index in [1.165, 1.54) is 7.11 Å². The molecule has 0 aliphatic heterocycles. The van der Waals surface area contributed by atoms with E-state index in [0.717, 1.165) is 10.0 Å². The van der Waals surface area contributed by atoms with Gasteiger partial charge >= 0.3 is 5.97 Å². The molecule has 0 amide bonds. The third kappa shape index (κ3) is 3.55. The van der Waals surface area contributed by atoms with Crippen molar-refractivity contribution in [3.8, 4) is 0 Å². The maximum atomic E-state index is 11.0. The van der Waals surface area contributed by atoms with E-state index in [1.54, 1.807) is 6.08 Å². The van der Waals surface area contributed by atoms with Crippen molar-refractivity contribution < 1.29 is 9.53 Å². The Morgan fingerprint density at radius 1 is 1.73 bits per heavy atom. The Balaban J connectivity index is 4.48. The number of hydrogen-bond donors (Lipinski definition) is 0. The monoisotopic (exact) mass is 266 g/mol. The van der Waals surface area contributed by atoms with Crippen LogP contribution in [0.25, 0.3) is 0 Å². The third-order valence-electron chi connectivity index (χ3n) is 1.11. The predicted octanol–water partition coefficient (Wildman–Crippen LogP) is 2.44. The molecule has 0 saturated carbocycles. The molecule has 0 radical (unpaired) electrons. The van der Waals surface area contributed by atoms with E-state index >= 15 is 0 Å². The summed E-state index contributed by atoms with van der Waals surface area (Å²) in [5.41, 5.74) is 0.565. The van der Waals surface area contributed by atoms with Gasteiger partial charge in [0.25, 0.3) is 0 Å². The maximum Gasteiger partial charge on any atom is 0.338 e. The minimum atomic E-state index is -0.314. The standard InChI is InChI=1S/C8H11IO2/c1-4-5-7(6(2)9)8(10)11-3/h5H,2,4H2,1,3H3/b7-5+. The molecular formula is C8H11IO2. The van der Waals surface area contributed by atoms with Crippen LogP contribution in [0.15, 0.2) is 21.8 Å². The highest BCUT2D eigenvalue weighted by atomic mass is 127. The van der Waals surface area contributed by atoms with Gasteiger partial charge in [-0.15, -0.1) is 0 Å². The van der Waals surface area contributed by atoms with Crippen molar-refractivity contribution in [1.29, 1.82) is 0 Å². The first-order valence-electron chi connectivity index (χ1n) is 3.26. The molecule has 0 N–H and O–H groups in total. The molecular weight excluding hydrogens is 255 g/mol. The highest BCUT2D eigenvalue weighted by Crippen LogP contribution is 2.16. The molecule has 0 aromatic carbocycles. The van der Waals surface area contributed by atoms with Gasteiger partial charge in [0, 0.05) is 3.58 Å². The quantitative estimate of drug-likeness (QED) is 0.339. The second-order valence-electron chi connectivity index (χ2n) is 1.92. The predicted molar refractivity (Wildman–Crippen MR) is 53.6 cm³/mol. The normalized spacial score (nSPS) is 11.0. The van der Waals surface area contributed by atoms with E-state index < -0.39 is 0 Å². The van der Waals surface area contributed by atoms with Crippen molar-refractivity contribution in [2.45, 2.75) is 13.3 Å². The largest absolute Gasteiger partial charge is 0.465 e. The minimum Gasteiger partial charge on any atom is -0.465 e. The van der Waals surface area contributed by atoms with Crippen molar-refractivity contribution in [2.24, 2.45) is 0 Å². The van der Waals surface area contributed by atoms with Gasteiger partial charge in [-0.05, 0) is 29.0 Å². The first-order chi connectivity index (χ1) is 5.13. The van der Waals surface area contributed by atoms with Crippen LogP contribution in [0.2, 0.25) is 0 Å². The summed E-state index contributed by atoms with van der Waals surface area (Å²) in [6.07, 6.45) is 2.62. The first-order valence-corrected chi connectivity index (χ1v) is 4.34. The van der Waals surface area contributed by atoms with Crippen LogP contribution in [0.1, 0.15) is 13.3 Å². The number of methoxy groups -OCH3 is 1. The lowest BCUT2D eigenvalue weighted by Gasteiger charge is -2.01. The Hall–Kier alpha value is -0.320. The summed E-state index contributed by atoms with van der Waals surface area (Å²) in [6, 6.07) is 0. The van der Waals surface area contributed by atoms with E-state index in [0.29, 0.717) is 5.57 Å². The third-order valence-corrected chi connectivity index (χ3v) is 1.69. The van der Waals surface area contributed by atoms with Gasteiger partial charge in [0.2, 0.25) is 0 Å². The van der Waals surface area contributed by atoms with Gasteiger partial charge in [0.15, 0.2) is 0 Å². The lowest BCUT2D eigenvalue weighted by atomic mass is 10.2. The molecule has 3 heteroatoms. The van der Waals surface area contributed by atoms with Crippen LogP contribution in [0.5, 0.6) is 0 Å². The molecule has 0 atom stereocenters. The average Bonchev–Trinajstić information content (AvgIpc) is 1.98. The Kier molecular flexibility index (Phi) is 5.19. The van der Waals surface area contributed by atoms with E-state index in [9.17, 15) is 4.79 Å². The molecule has 0 aliphatic rings. The number of hydrogen-bond acceptors (Lipinski definition) is 2. The summed E-state index contributed by atoms with van der Waals surface area (Å²) in [4.78, 5) is 11.0. The fraction of sp³-hybridized carbons (Fsp3) is 0.375. The second kappa shape index (κ2) is 5.35. The van der Waals surface area contributed by atoms with E-state index in [1.807, 2.05) is 29.5 Å². The zero-order chi connectivity index (χ0) is 8.85. The average molecular weight is 266 g/mol. The van der Waals surface area contributed by atoms with Crippen LogP contribution in [-0.2, 0) is 9.53 Å². The van der Waals surface area contributed by atoms with Crippen molar-refractivity contribution in [2.75, 3.05) is 7.11 Å². The number of halogens is 1. The lowest BCUT2D eigenvalue weighted by Crippen LogP contribution is -2.04. The number of carbonyl (C=O) groups is 1. The van der Waals surface area contributed by atoms with Crippen LogP contribution >= 0.6 is 22.6 Å². The number of rotatable bonds is 3. The van der Waals surface area contributed by atoms with Crippen molar-refractivity contribution in [3.05, 3.63) is 21.8 Å². The van der Waals surface area contributed by atoms with Gasteiger partial charge < -0.3 is 4.74 Å². The minimum absolute atomic E-state index is 0.314. The molecule has 0 unspecified atom stereocenters. The van der Waals surface area contributed by atoms with Crippen LogP contribution in [-0.4, -0.2) is 13.1 Å². The van der Waals surface area contributed by atoms with E-state index in [-0.39, 0.29) is 5.97 Å². The summed E-state index contributed by atoms with van der Waals surface area (Å²) < 4.78 is 5.27. The zero-order valence-electron chi connectivity index (χ0n) is 6.69. The van der Waals surface area contributed by atoms with Crippen molar-refractivity contribution in [3.63, 3.8) is 0 Å². The molecule has 0 saturated heterocycles. The van der Waals surface area contributed by atoms with Gasteiger partial charge in [0.1, 0.15) is 0 Å². The second-order valence-corrected chi connectivity index (χ2v) is 3.22.